The van der Waals surface area contributed by atoms with Crippen LogP contribution in [0.15, 0.2) is 48.1 Å². The Balaban J connectivity index is 2.22. The first-order valence-corrected chi connectivity index (χ1v) is 4.99. The highest BCUT2D eigenvalue weighted by Crippen LogP contribution is 2.24. The summed E-state index contributed by atoms with van der Waals surface area (Å²) < 4.78 is 0. The fraction of sp³-hybridized carbons (Fsp3) is 0.333. The Morgan fingerprint density at radius 2 is 1.29 bits per heavy atom. The first-order chi connectivity index (χ1) is 6.79. The summed E-state index contributed by atoms with van der Waals surface area (Å²) in [5, 5.41) is 0. The van der Waals surface area contributed by atoms with Gasteiger partial charge in [0.1, 0.15) is 0 Å². The number of allylic oxidation sites excluding steroid dienone is 4. The van der Waals surface area contributed by atoms with Gasteiger partial charge in [0.2, 0.25) is 0 Å². The van der Waals surface area contributed by atoms with E-state index in [0.717, 1.165) is 12.8 Å². The van der Waals surface area contributed by atoms with Crippen LogP contribution < -0.4 is 0 Å². The largest absolute Gasteiger partial charge is 0.350 e. The number of rotatable bonds is 1. The maximum absolute atomic E-state index is 2.27. The molecule has 0 atom stereocenters. The predicted molar refractivity (Wildman–Crippen MR) is 59.2 cm³/mol. The Morgan fingerprint density at radius 1 is 0.857 bits per heavy atom. The van der Waals surface area contributed by atoms with E-state index >= 15 is 0 Å². The SMILES string of the molecule is CN1C=CCC=C1C1=CCC=CN1C. The molecule has 0 radical (unpaired) electrons. The lowest BCUT2D eigenvalue weighted by Gasteiger charge is -2.29. The molecule has 0 saturated carbocycles. The van der Waals surface area contributed by atoms with Gasteiger partial charge in [-0.05, 0) is 12.8 Å². The monoisotopic (exact) mass is 188 g/mol. The van der Waals surface area contributed by atoms with Crippen LogP contribution in [0.4, 0.5) is 0 Å². The summed E-state index contributed by atoms with van der Waals surface area (Å²) >= 11 is 0. The van der Waals surface area contributed by atoms with Crippen molar-refractivity contribution in [3.05, 3.63) is 48.1 Å². The third-order valence-electron chi connectivity index (χ3n) is 2.58. The summed E-state index contributed by atoms with van der Waals surface area (Å²) in [6.45, 7) is 0. The quantitative estimate of drug-likeness (QED) is 0.623. The van der Waals surface area contributed by atoms with Gasteiger partial charge in [0.15, 0.2) is 0 Å². The van der Waals surface area contributed by atoms with Crippen LogP contribution in [0.25, 0.3) is 0 Å². The van der Waals surface area contributed by atoms with E-state index in [-0.39, 0.29) is 0 Å². The van der Waals surface area contributed by atoms with Gasteiger partial charge in [0.25, 0.3) is 0 Å². The van der Waals surface area contributed by atoms with Crippen LogP contribution >= 0.6 is 0 Å². The Labute approximate surface area is 85.5 Å². The van der Waals surface area contributed by atoms with Crippen molar-refractivity contribution in [3.63, 3.8) is 0 Å². The lowest BCUT2D eigenvalue weighted by atomic mass is 10.1. The van der Waals surface area contributed by atoms with Crippen molar-refractivity contribution in [2.24, 2.45) is 0 Å². The van der Waals surface area contributed by atoms with Crippen molar-refractivity contribution in [1.29, 1.82) is 0 Å². The van der Waals surface area contributed by atoms with E-state index in [9.17, 15) is 0 Å². The molecule has 0 aromatic carbocycles. The molecule has 0 bridgehead atoms. The lowest BCUT2D eigenvalue weighted by Crippen LogP contribution is -2.23. The third-order valence-corrected chi connectivity index (χ3v) is 2.58. The summed E-state index contributed by atoms with van der Waals surface area (Å²) in [7, 11) is 4.18. The molecule has 0 fully saturated rings. The molecule has 74 valence electrons. The standard InChI is InChI=1S/C12H16N2/c1-13-9-5-3-7-11(13)12-8-4-6-10-14(12)2/h5-10H,3-4H2,1-2H3. The first kappa shape index (κ1) is 9.13. The van der Waals surface area contributed by atoms with Gasteiger partial charge in [-0.25, -0.2) is 0 Å². The zero-order valence-corrected chi connectivity index (χ0v) is 8.77. The Morgan fingerprint density at radius 3 is 1.64 bits per heavy atom. The van der Waals surface area contributed by atoms with Crippen molar-refractivity contribution < 1.29 is 0 Å². The second-order valence-corrected chi connectivity index (χ2v) is 3.64. The minimum absolute atomic E-state index is 1.04. The van der Waals surface area contributed by atoms with Gasteiger partial charge in [-0.15, -0.1) is 0 Å². The van der Waals surface area contributed by atoms with Gasteiger partial charge in [-0.1, -0.05) is 24.3 Å². The van der Waals surface area contributed by atoms with Gasteiger partial charge in [0, 0.05) is 26.5 Å². The molecule has 2 aliphatic heterocycles. The molecule has 14 heavy (non-hydrogen) atoms. The van der Waals surface area contributed by atoms with Crippen molar-refractivity contribution in [2.75, 3.05) is 14.1 Å². The molecule has 0 aromatic heterocycles. The van der Waals surface area contributed by atoms with E-state index in [1.807, 2.05) is 0 Å². The third kappa shape index (κ3) is 1.60. The highest BCUT2D eigenvalue weighted by molar-refractivity contribution is 5.35. The Kier molecular flexibility index (Phi) is 2.44. The van der Waals surface area contributed by atoms with Crippen LogP contribution in [0.1, 0.15) is 12.8 Å². The van der Waals surface area contributed by atoms with Crippen LogP contribution in [0.2, 0.25) is 0 Å². The fourth-order valence-corrected chi connectivity index (χ4v) is 1.82. The van der Waals surface area contributed by atoms with Gasteiger partial charge in [-0.3, -0.25) is 0 Å². The van der Waals surface area contributed by atoms with E-state index in [0.29, 0.717) is 0 Å². The molecule has 2 heteroatoms. The van der Waals surface area contributed by atoms with Gasteiger partial charge < -0.3 is 9.80 Å². The maximum Gasteiger partial charge on any atom is 0.0603 e. The predicted octanol–water partition coefficient (Wildman–Crippen LogP) is 2.45. The van der Waals surface area contributed by atoms with Gasteiger partial charge in [-0.2, -0.15) is 0 Å². The fourth-order valence-electron chi connectivity index (χ4n) is 1.82. The first-order valence-electron chi connectivity index (χ1n) is 4.99. The van der Waals surface area contributed by atoms with Crippen LogP contribution in [-0.2, 0) is 0 Å². The molecule has 2 nitrogen and oxygen atoms in total. The highest BCUT2D eigenvalue weighted by atomic mass is 15.2. The molecule has 0 unspecified atom stereocenters. The maximum atomic E-state index is 2.27. The van der Waals surface area contributed by atoms with E-state index in [1.54, 1.807) is 0 Å². The van der Waals surface area contributed by atoms with Crippen LogP contribution in [0.3, 0.4) is 0 Å². The molecule has 0 saturated heterocycles. The minimum atomic E-state index is 1.04. The van der Waals surface area contributed by atoms with E-state index in [4.69, 9.17) is 0 Å². The zero-order valence-electron chi connectivity index (χ0n) is 8.77. The Hall–Kier alpha value is -1.44. The van der Waals surface area contributed by atoms with Gasteiger partial charge in [0.05, 0.1) is 11.4 Å². The number of hydrogen-bond donors (Lipinski definition) is 0. The highest BCUT2D eigenvalue weighted by Gasteiger charge is 2.14. The van der Waals surface area contributed by atoms with E-state index in [2.05, 4.69) is 60.6 Å². The summed E-state index contributed by atoms with van der Waals surface area (Å²) in [5.74, 6) is 0. The average Bonchev–Trinajstić information content (AvgIpc) is 2.20. The summed E-state index contributed by atoms with van der Waals surface area (Å²) in [5.41, 5.74) is 2.61. The summed E-state index contributed by atoms with van der Waals surface area (Å²) in [4.78, 5) is 4.34. The molecular formula is C12H16N2. The van der Waals surface area contributed by atoms with Crippen LogP contribution in [-0.4, -0.2) is 23.9 Å². The molecule has 0 N–H and O–H groups in total. The van der Waals surface area contributed by atoms with Crippen molar-refractivity contribution >= 4 is 0 Å². The minimum Gasteiger partial charge on any atom is -0.350 e. The van der Waals surface area contributed by atoms with Crippen LogP contribution in [0, 0.1) is 0 Å². The topological polar surface area (TPSA) is 6.48 Å². The van der Waals surface area contributed by atoms with Crippen molar-refractivity contribution in [1.82, 2.24) is 9.80 Å². The molecule has 2 heterocycles. The molecule has 2 rings (SSSR count). The second-order valence-electron chi connectivity index (χ2n) is 3.64. The van der Waals surface area contributed by atoms with E-state index in [1.165, 1.54) is 11.4 Å². The van der Waals surface area contributed by atoms with Crippen LogP contribution in [0.5, 0.6) is 0 Å². The molecule has 2 aliphatic rings. The average molecular weight is 188 g/mol. The number of nitrogens with zero attached hydrogens (tertiary/aromatic N) is 2. The molecular weight excluding hydrogens is 172 g/mol. The smallest absolute Gasteiger partial charge is 0.0603 e. The van der Waals surface area contributed by atoms with Crippen molar-refractivity contribution in [3.8, 4) is 0 Å². The summed E-state index contributed by atoms with van der Waals surface area (Å²) in [6.07, 6.45) is 15.2. The number of likely N-dealkylation sites (N-methyl/N-ethyl adjacent to an activating group) is 2. The Bertz CT molecular complexity index is 300. The molecule has 0 spiro atoms. The second kappa shape index (κ2) is 3.74. The molecule has 0 aliphatic carbocycles. The van der Waals surface area contributed by atoms with Gasteiger partial charge >= 0.3 is 0 Å². The normalized spacial score (nSPS) is 21.0. The lowest BCUT2D eigenvalue weighted by molar-refractivity contribution is 0.483. The zero-order chi connectivity index (χ0) is 9.97. The van der Waals surface area contributed by atoms with E-state index < -0.39 is 0 Å². The van der Waals surface area contributed by atoms with Crippen molar-refractivity contribution in [2.45, 2.75) is 12.8 Å². The number of hydrogen-bond acceptors (Lipinski definition) is 2. The molecule has 0 aromatic rings. The molecule has 0 amide bonds. The summed E-state index contributed by atoms with van der Waals surface area (Å²) in [6, 6.07) is 0.